The molecular formula is C10H8F3N3O2. The molecule has 0 saturated heterocycles. The molecule has 0 saturated carbocycles. The fourth-order valence-corrected chi connectivity index (χ4v) is 1.43. The Labute approximate surface area is 98.9 Å². The Morgan fingerprint density at radius 3 is 2.78 bits per heavy atom. The summed E-state index contributed by atoms with van der Waals surface area (Å²) in [4.78, 5) is 14.2. The number of aromatic nitrogens is 3. The highest BCUT2D eigenvalue weighted by atomic mass is 19.4. The van der Waals surface area contributed by atoms with Gasteiger partial charge in [0.05, 0.1) is 0 Å². The minimum Gasteiger partial charge on any atom is -0.481 e. The standard InChI is InChI=1S/C10H8F3N3O2/c11-10(12,13)7-3-8-14-4-6(1-2-9(17)18)5-16(8)15-7/h3-5H,1-2H2,(H,17,18). The van der Waals surface area contributed by atoms with Crippen LogP contribution >= 0.6 is 0 Å². The maximum absolute atomic E-state index is 12.4. The first-order valence-electron chi connectivity index (χ1n) is 4.99. The number of alkyl halides is 3. The van der Waals surface area contributed by atoms with Crippen LogP contribution in [-0.4, -0.2) is 25.7 Å². The molecule has 0 aromatic carbocycles. The van der Waals surface area contributed by atoms with Crippen molar-refractivity contribution in [1.29, 1.82) is 0 Å². The highest BCUT2D eigenvalue weighted by molar-refractivity contribution is 5.67. The van der Waals surface area contributed by atoms with E-state index in [-0.39, 0.29) is 18.5 Å². The van der Waals surface area contributed by atoms with Crippen molar-refractivity contribution in [2.75, 3.05) is 0 Å². The average Bonchev–Trinajstić information content (AvgIpc) is 2.68. The Morgan fingerprint density at radius 1 is 1.44 bits per heavy atom. The number of hydrogen-bond acceptors (Lipinski definition) is 3. The monoisotopic (exact) mass is 259 g/mol. The molecule has 96 valence electrons. The van der Waals surface area contributed by atoms with E-state index in [1.54, 1.807) is 0 Å². The highest BCUT2D eigenvalue weighted by Crippen LogP contribution is 2.28. The number of nitrogens with zero attached hydrogens (tertiary/aromatic N) is 3. The summed E-state index contributed by atoms with van der Waals surface area (Å²) in [5, 5.41) is 11.9. The van der Waals surface area contributed by atoms with Gasteiger partial charge < -0.3 is 5.11 Å². The van der Waals surface area contributed by atoms with Crippen molar-refractivity contribution in [3.63, 3.8) is 0 Å². The topological polar surface area (TPSA) is 67.5 Å². The molecule has 1 N–H and O–H groups in total. The van der Waals surface area contributed by atoms with Gasteiger partial charge in [-0.15, -0.1) is 0 Å². The Hall–Kier alpha value is -2.12. The van der Waals surface area contributed by atoms with Gasteiger partial charge in [0.1, 0.15) is 0 Å². The zero-order valence-corrected chi connectivity index (χ0v) is 8.98. The van der Waals surface area contributed by atoms with Crippen molar-refractivity contribution in [3.05, 3.63) is 29.7 Å². The third kappa shape index (κ3) is 2.58. The van der Waals surface area contributed by atoms with Gasteiger partial charge in [0.25, 0.3) is 0 Å². The van der Waals surface area contributed by atoms with E-state index in [9.17, 15) is 18.0 Å². The lowest BCUT2D eigenvalue weighted by Gasteiger charge is -1.99. The molecule has 2 aromatic heterocycles. The predicted molar refractivity (Wildman–Crippen MR) is 53.9 cm³/mol. The van der Waals surface area contributed by atoms with Crippen LogP contribution < -0.4 is 0 Å². The first-order valence-corrected chi connectivity index (χ1v) is 4.99. The van der Waals surface area contributed by atoms with Crippen LogP contribution in [0.4, 0.5) is 13.2 Å². The van der Waals surface area contributed by atoms with Crippen LogP contribution in [0.2, 0.25) is 0 Å². The molecule has 0 unspecified atom stereocenters. The van der Waals surface area contributed by atoms with Crippen molar-refractivity contribution >= 4 is 11.6 Å². The van der Waals surface area contributed by atoms with Gasteiger partial charge in [0.15, 0.2) is 11.3 Å². The van der Waals surface area contributed by atoms with Crippen molar-refractivity contribution in [1.82, 2.24) is 14.6 Å². The number of halogens is 3. The second kappa shape index (κ2) is 4.28. The van der Waals surface area contributed by atoms with Crippen molar-refractivity contribution in [2.45, 2.75) is 19.0 Å². The van der Waals surface area contributed by atoms with E-state index < -0.39 is 17.8 Å². The van der Waals surface area contributed by atoms with E-state index in [2.05, 4.69) is 10.1 Å². The summed E-state index contributed by atoms with van der Waals surface area (Å²) in [7, 11) is 0. The first kappa shape index (κ1) is 12.3. The zero-order valence-electron chi connectivity index (χ0n) is 8.98. The van der Waals surface area contributed by atoms with Gasteiger partial charge in [-0.3, -0.25) is 4.79 Å². The van der Waals surface area contributed by atoms with Crippen LogP contribution in [0.1, 0.15) is 17.7 Å². The average molecular weight is 259 g/mol. The normalized spacial score (nSPS) is 11.9. The van der Waals surface area contributed by atoms with Gasteiger partial charge >= 0.3 is 12.1 Å². The molecule has 0 aliphatic rings. The molecule has 0 fully saturated rings. The predicted octanol–water partition coefficient (Wildman–Crippen LogP) is 1.77. The molecule has 5 nitrogen and oxygen atoms in total. The number of carboxylic acid groups (broad SMARTS) is 1. The lowest BCUT2D eigenvalue weighted by Crippen LogP contribution is -2.06. The van der Waals surface area contributed by atoms with E-state index in [4.69, 9.17) is 5.11 Å². The Kier molecular flexibility index (Phi) is 2.93. The number of aliphatic carboxylic acids is 1. The summed E-state index contributed by atoms with van der Waals surface area (Å²) >= 11 is 0. The van der Waals surface area contributed by atoms with E-state index in [1.165, 1.54) is 12.4 Å². The van der Waals surface area contributed by atoms with Crippen molar-refractivity contribution in [2.24, 2.45) is 0 Å². The smallest absolute Gasteiger partial charge is 0.435 e. The minimum absolute atomic E-state index is 0.0707. The summed E-state index contributed by atoms with van der Waals surface area (Å²) in [5.41, 5.74) is -0.437. The molecule has 2 heterocycles. The molecule has 0 bridgehead atoms. The lowest BCUT2D eigenvalue weighted by atomic mass is 10.2. The largest absolute Gasteiger partial charge is 0.481 e. The molecule has 2 rings (SSSR count). The SMILES string of the molecule is O=C(O)CCc1cnc2cc(C(F)(F)F)nn2c1. The molecule has 0 amide bonds. The molecule has 0 spiro atoms. The first-order chi connectivity index (χ1) is 8.36. The maximum Gasteiger partial charge on any atom is 0.435 e. The minimum atomic E-state index is -4.52. The lowest BCUT2D eigenvalue weighted by molar-refractivity contribution is -0.141. The summed E-state index contributed by atoms with van der Waals surface area (Å²) in [6.07, 6.45) is -1.74. The Balaban J connectivity index is 2.31. The Bertz CT molecular complexity index is 592. The van der Waals surface area contributed by atoms with Crippen LogP contribution in [0.15, 0.2) is 18.5 Å². The summed E-state index contributed by atoms with van der Waals surface area (Å²) in [5.74, 6) is -0.980. The zero-order chi connectivity index (χ0) is 13.3. The van der Waals surface area contributed by atoms with Crippen molar-refractivity contribution < 1.29 is 23.1 Å². The van der Waals surface area contributed by atoms with Gasteiger partial charge in [-0.2, -0.15) is 18.3 Å². The number of rotatable bonds is 3. The molecule has 0 atom stereocenters. The number of carboxylic acids is 1. The quantitative estimate of drug-likeness (QED) is 0.912. The fourth-order valence-electron chi connectivity index (χ4n) is 1.43. The van der Waals surface area contributed by atoms with Crippen LogP contribution in [0.25, 0.3) is 5.65 Å². The van der Waals surface area contributed by atoms with Gasteiger partial charge in [-0.1, -0.05) is 0 Å². The van der Waals surface area contributed by atoms with Crippen LogP contribution in [0.5, 0.6) is 0 Å². The van der Waals surface area contributed by atoms with Crippen LogP contribution in [0.3, 0.4) is 0 Å². The summed E-state index contributed by atoms with van der Waals surface area (Å²) in [6, 6.07) is 0.834. The number of aryl methyl sites for hydroxylation is 1. The molecule has 0 aliphatic heterocycles. The van der Waals surface area contributed by atoms with E-state index >= 15 is 0 Å². The summed E-state index contributed by atoms with van der Waals surface area (Å²) < 4.78 is 38.2. The van der Waals surface area contributed by atoms with E-state index in [0.29, 0.717) is 5.56 Å². The van der Waals surface area contributed by atoms with Gasteiger partial charge in [0.2, 0.25) is 0 Å². The highest BCUT2D eigenvalue weighted by Gasteiger charge is 2.34. The third-order valence-corrected chi connectivity index (χ3v) is 2.28. The number of fused-ring (bicyclic) bond motifs is 1. The molecule has 18 heavy (non-hydrogen) atoms. The van der Waals surface area contributed by atoms with Crippen LogP contribution in [0, 0.1) is 0 Å². The third-order valence-electron chi connectivity index (χ3n) is 2.28. The second-order valence-corrected chi connectivity index (χ2v) is 3.69. The van der Waals surface area contributed by atoms with Gasteiger partial charge in [-0.25, -0.2) is 9.50 Å². The Morgan fingerprint density at radius 2 is 2.17 bits per heavy atom. The molecule has 0 aliphatic carbocycles. The van der Waals surface area contributed by atoms with E-state index in [0.717, 1.165) is 10.6 Å². The number of hydrogen-bond donors (Lipinski definition) is 1. The molecular weight excluding hydrogens is 251 g/mol. The van der Waals surface area contributed by atoms with Crippen LogP contribution in [-0.2, 0) is 17.4 Å². The number of carbonyl (C=O) groups is 1. The summed E-state index contributed by atoms with van der Waals surface area (Å²) in [6.45, 7) is 0. The van der Waals surface area contributed by atoms with Gasteiger partial charge in [-0.05, 0) is 12.0 Å². The second-order valence-electron chi connectivity index (χ2n) is 3.69. The molecule has 0 radical (unpaired) electrons. The van der Waals surface area contributed by atoms with Gasteiger partial charge in [0, 0.05) is 24.9 Å². The molecule has 2 aromatic rings. The maximum atomic E-state index is 12.4. The fraction of sp³-hybridized carbons (Fsp3) is 0.300. The van der Waals surface area contributed by atoms with E-state index in [1.807, 2.05) is 0 Å². The molecule has 8 heteroatoms. The van der Waals surface area contributed by atoms with Crippen molar-refractivity contribution in [3.8, 4) is 0 Å².